The van der Waals surface area contributed by atoms with E-state index in [9.17, 15) is 4.79 Å². The van der Waals surface area contributed by atoms with Gasteiger partial charge in [0.05, 0.1) is 11.5 Å². The van der Waals surface area contributed by atoms with E-state index < -0.39 is 11.9 Å². The number of hydrogen-bond donors (Lipinski definition) is 2. The number of aliphatic carboxylic acids is 1. The predicted molar refractivity (Wildman–Crippen MR) is 56.8 cm³/mol. The molecule has 3 N–H and O–H groups in total. The molecule has 4 nitrogen and oxygen atoms in total. The van der Waals surface area contributed by atoms with Crippen LogP contribution in [-0.4, -0.2) is 11.1 Å². The third-order valence-corrected chi connectivity index (χ3v) is 3.80. The summed E-state index contributed by atoms with van der Waals surface area (Å²) >= 11 is 1.35. The molecule has 0 amide bonds. The second-order valence-corrected chi connectivity index (χ2v) is 4.71. The summed E-state index contributed by atoms with van der Waals surface area (Å²) in [5.41, 5.74) is 6.74. The van der Waals surface area contributed by atoms with Crippen molar-refractivity contribution in [1.82, 2.24) is 0 Å². The minimum Gasteiger partial charge on any atom is -0.481 e. The predicted octanol–water partition coefficient (Wildman–Crippen LogP) is 1.71. The standard InChI is InChI=1S/C10H10N2O2S/c11-4-6-8-5(10(13)14)2-1-3-7(8)15-9(6)12/h5H,1-3,12H2,(H,13,14)/t5-/m0/s1. The number of fused-ring (bicyclic) bond motifs is 1. The molecule has 0 bridgehead atoms. The van der Waals surface area contributed by atoms with Crippen LogP contribution in [0.2, 0.25) is 0 Å². The zero-order valence-corrected chi connectivity index (χ0v) is 8.80. The van der Waals surface area contributed by atoms with Crippen LogP contribution in [0.25, 0.3) is 0 Å². The van der Waals surface area contributed by atoms with Gasteiger partial charge >= 0.3 is 5.97 Å². The number of nitrogen functional groups attached to an aromatic ring is 1. The number of carboxylic acids is 1. The van der Waals surface area contributed by atoms with E-state index in [2.05, 4.69) is 0 Å². The average Bonchev–Trinajstić information content (AvgIpc) is 2.52. The van der Waals surface area contributed by atoms with Gasteiger partial charge in [0, 0.05) is 10.4 Å². The van der Waals surface area contributed by atoms with Crippen LogP contribution >= 0.6 is 11.3 Å². The summed E-state index contributed by atoms with van der Waals surface area (Å²) in [6.07, 6.45) is 2.30. The Morgan fingerprint density at radius 3 is 3.00 bits per heavy atom. The van der Waals surface area contributed by atoms with Gasteiger partial charge in [-0.25, -0.2) is 0 Å². The molecule has 0 aliphatic heterocycles. The van der Waals surface area contributed by atoms with Crippen LogP contribution in [-0.2, 0) is 11.2 Å². The number of rotatable bonds is 1. The molecule has 1 atom stereocenters. The minimum atomic E-state index is -0.856. The topological polar surface area (TPSA) is 87.1 Å². The van der Waals surface area contributed by atoms with Crippen molar-refractivity contribution in [2.45, 2.75) is 25.2 Å². The number of carboxylic acid groups (broad SMARTS) is 1. The molecule has 0 aromatic carbocycles. The molecule has 2 rings (SSSR count). The van der Waals surface area contributed by atoms with Crippen LogP contribution in [0.3, 0.4) is 0 Å². The smallest absolute Gasteiger partial charge is 0.311 e. The van der Waals surface area contributed by atoms with E-state index in [1.807, 2.05) is 6.07 Å². The number of nitriles is 1. The highest BCUT2D eigenvalue weighted by molar-refractivity contribution is 7.16. The maximum atomic E-state index is 11.0. The van der Waals surface area contributed by atoms with E-state index in [1.165, 1.54) is 11.3 Å². The molecule has 5 heteroatoms. The highest BCUT2D eigenvalue weighted by Gasteiger charge is 2.31. The number of hydrogen-bond acceptors (Lipinski definition) is 4. The van der Waals surface area contributed by atoms with Crippen LogP contribution in [0.15, 0.2) is 0 Å². The summed E-state index contributed by atoms with van der Waals surface area (Å²) in [5, 5.41) is 18.5. The second kappa shape index (κ2) is 3.55. The first-order chi connectivity index (χ1) is 7.15. The fourth-order valence-electron chi connectivity index (χ4n) is 2.04. The Morgan fingerprint density at radius 2 is 2.40 bits per heavy atom. The van der Waals surface area contributed by atoms with Crippen molar-refractivity contribution in [3.63, 3.8) is 0 Å². The zero-order valence-electron chi connectivity index (χ0n) is 7.99. The van der Waals surface area contributed by atoms with E-state index in [0.717, 1.165) is 17.7 Å². The number of aryl methyl sites for hydroxylation is 1. The Hall–Kier alpha value is -1.54. The van der Waals surface area contributed by atoms with Gasteiger partial charge in [0.2, 0.25) is 0 Å². The summed E-state index contributed by atoms with van der Waals surface area (Å²) < 4.78 is 0. The molecule has 78 valence electrons. The lowest BCUT2D eigenvalue weighted by Crippen LogP contribution is -2.17. The first kappa shape index (κ1) is 9.99. The monoisotopic (exact) mass is 222 g/mol. The molecule has 0 saturated carbocycles. The van der Waals surface area contributed by atoms with Crippen LogP contribution in [0, 0.1) is 11.3 Å². The Bertz CT molecular complexity index is 459. The molecular formula is C10H10N2O2S. The first-order valence-corrected chi connectivity index (χ1v) is 5.50. The minimum absolute atomic E-state index is 0.377. The fraction of sp³-hybridized carbons (Fsp3) is 0.400. The summed E-state index contributed by atoms with van der Waals surface area (Å²) in [4.78, 5) is 12.0. The molecule has 1 aromatic rings. The van der Waals surface area contributed by atoms with Crippen LogP contribution < -0.4 is 5.73 Å². The Labute approximate surface area is 90.9 Å². The summed E-state index contributed by atoms with van der Waals surface area (Å²) in [5.74, 6) is -1.40. The molecule has 0 unspecified atom stereocenters. The first-order valence-electron chi connectivity index (χ1n) is 4.69. The third kappa shape index (κ3) is 1.47. The largest absolute Gasteiger partial charge is 0.481 e. The van der Waals surface area contributed by atoms with Crippen molar-refractivity contribution in [3.05, 3.63) is 16.0 Å². The number of carbonyl (C=O) groups is 1. The van der Waals surface area contributed by atoms with Crippen molar-refractivity contribution in [2.75, 3.05) is 5.73 Å². The maximum absolute atomic E-state index is 11.0. The van der Waals surface area contributed by atoms with E-state index >= 15 is 0 Å². The van der Waals surface area contributed by atoms with Crippen LogP contribution in [0.1, 0.15) is 34.8 Å². The molecule has 1 aromatic heterocycles. The van der Waals surface area contributed by atoms with Gasteiger partial charge in [-0.15, -0.1) is 11.3 Å². The van der Waals surface area contributed by atoms with Gasteiger partial charge in [0.15, 0.2) is 0 Å². The molecule has 0 radical (unpaired) electrons. The maximum Gasteiger partial charge on any atom is 0.311 e. The molecule has 15 heavy (non-hydrogen) atoms. The van der Waals surface area contributed by atoms with Gasteiger partial charge < -0.3 is 10.8 Å². The highest BCUT2D eigenvalue weighted by Crippen LogP contribution is 2.41. The van der Waals surface area contributed by atoms with Gasteiger partial charge in [0.1, 0.15) is 11.1 Å². The number of thiophene rings is 1. The Morgan fingerprint density at radius 1 is 1.67 bits per heavy atom. The number of nitrogens with two attached hydrogens (primary N) is 1. The lowest BCUT2D eigenvalue weighted by molar-refractivity contribution is -0.139. The zero-order chi connectivity index (χ0) is 11.0. The summed E-state index contributed by atoms with van der Waals surface area (Å²) in [7, 11) is 0. The van der Waals surface area contributed by atoms with Gasteiger partial charge in [-0.2, -0.15) is 5.26 Å². The number of nitrogens with zero attached hydrogens (tertiary/aromatic N) is 1. The Balaban J connectivity index is 2.59. The SMILES string of the molecule is N#Cc1c(N)sc2c1[C@@H](C(=O)O)CCC2. The molecule has 0 spiro atoms. The van der Waals surface area contributed by atoms with Gasteiger partial charge in [-0.3, -0.25) is 4.79 Å². The van der Waals surface area contributed by atoms with Crippen molar-refractivity contribution < 1.29 is 9.90 Å². The molecule has 1 heterocycles. The van der Waals surface area contributed by atoms with Crippen LogP contribution in [0.4, 0.5) is 5.00 Å². The fourth-order valence-corrected chi connectivity index (χ4v) is 3.16. The normalized spacial score (nSPS) is 19.3. The van der Waals surface area contributed by atoms with E-state index in [4.69, 9.17) is 16.1 Å². The van der Waals surface area contributed by atoms with Crippen molar-refractivity contribution in [3.8, 4) is 6.07 Å². The molecule has 1 aliphatic rings. The van der Waals surface area contributed by atoms with E-state index in [1.54, 1.807) is 0 Å². The molecule has 0 saturated heterocycles. The average molecular weight is 222 g/mol. The summed E-state index contributed by atoms with van der Waals surface area (Å²) in [6.45, 7) is 0. The van der Waals surface area contributed by atoms with E-state index in [-0.39, 0.29) is 0 Å². The molecular weight excluding hydrogens is 212 g/mol. The van der Waals surface area contributed by atoms with Gasteiger partial charge in [-0.1, -0.05) is 0 Å². The Kier molecular flexibility index (Phi) is 2.37. The van der Waals surface area contributed by atoms with Crippen molar-refractivity contribution in [2.24, 2.45) is 0 Å². The van der Waals surface area contributed by atoms with Crippen molar-refractivity contribution in [1.29, 1.82) is 5.26 Å². The van der Waals surface area contributed by atoms with Crippen molar-refractivity contribution >= 4 is 22.3 Å². The second-order valence-electron chi connectivity index (χ2n) is 3.57. The molecule has 0 fully saturated rings. The van der Waals surface area contributed by atoms with Gasteiger partial charge in [-0.05, 0) is 19.3 Å². The van der Waals surface area contributed by atoms with Gasteiger partial charge in [0.25, 0.3) is 0 Å². The third-order valence-electron chi connectivity index (χ3n) is 2.70. The van der Waals surface area contributed by atoms with Crippen LogP contribution in [0.5, 0.6) is 0 Å². The number of anilines is 1. The summed E-state index contributed by atoms with van der Waals surface area (Å²) in [6, 6.07) is 2.01. The highest BCUT2D eigenvalue weighted by atomic mass is 32.1. The lowest BCUT2D eigenvalue weighted by Gasteiger charge is -2.18. The molecule has 1 aliphatic carbocycles. The quantitative estimate of drug-likeness (QED) is 0.757. The lowest BCUT2D eigenvalue weighted by atomic mass is 9.85. The van der Waals surface area contributed by atoms with E-state index in [0.29, 0.717) is 22.5 Å².